The highest BCUT2D eigenvalue weighted by Crippen LogP contribution is 2.21. The Morgan fingerprint density at radius 3 is 2.43 bits per heavy atom. The molecule has 1 aliphatic rings. The number of nitrogens with zero attached hydrogens (tertiary/aromatic N) is 4. The van der Waals surface area contributed by atoms with Gasteiger partial charge in [0.05, 0.1) is 22.2 Å². The summed E-state index contributed by atoms with van der Waals surface area (Å²) in [6.45, 7) is 2.00. The van der Waals surface area contributed by atoms with Crippen LogP contribution in [0.15, 0.2) is 71.7 Å². The van der Waals surface area contributed by atoms with Crippen molar-refractivity contribution in [1.29, 1.82) is 0 Å². The SMILES string of the molecule is O=C(c1cccn2c(=O)c3ccccc3nc12)N1CCN(c2ccccc2F)CC1. The number of hydrogen-bond acceptors (Lipinski definition) is 4. The third-order valence-corrected chi connectivity index (χ3v) is 5.54. The van der Waals surface area contributed by atoms with Gasteiger partial charge in [0.25, 0.3) is 11.5 Å². The first-order valence-electron chi connectivity index (χ1n) is 9.82. The van der Waals surface area contributed by atoms with Gasteiger partial charge in [-0.2, -0.15) is 0 Å². The Morgan fingerprint density at radius 2 is 1.63 bits per heavy atom. The molecule has 30 heavy (non-hydrogen) atoms. The number of pyridine rings is 1. The van der Waals surface area contributed by atoms with Crippen LogP contribution in [-0.2, 0) is 0 Å². The van der Waals surface area contributed by atoms with Crippen molar-refractivity contribution in [2.75, 3.05) is 31.1 Å². The van der Waals surface area contributed by atoms with E-state index >= 15 is 0 Å². The summed E-state index contributed by atoms with van der Waals surface area (Å²) in [6.07, 6.45) is 1.63. The van der Waals surface area contributed by atoms with Crippen molar-refractivity contribution in [1.82, 2.24) is 14.3 Å². The first kappa shape index (κ1) is 18.3. The van der Waals surface area contributed by atoms with Gasteiger partial charge in [-0.1, -0.05) is 24.3 Å². The third kappa shape index (κ3) is 2.99. The summed E-state index contributed by atoms with van der Waals surface area (Å²) in [6, 6.07) is 17.2. The number of carbonyl (C=O) groups is 1. The molecule has 3 heterocycles. The molecule has 0 saturated carbocycles. The second-order valence-electron chi connectivity index (χ2n) is 7.28. The van der Waals surface area contributed by atoms with E-state index in [-0.39, 0.29) is 17.3 Å². The van der Waals surface area contributed by atoms with Crippen LogP contribution in [0.25, 0.3) is 16.6 Å². The highest BCUT2D eigenvalue weighted by Gasteiger charge is 2.25. The van der Waals surface area contributed by atoms with Gasteiger partial charge in [-0.3, -0.25) is 14.0 Å². The van der Waals surface area contributed by atoms with Crippen molar-refractivity contribution in [3.63, 3.8) is 0 Å². The number of rotatable bonds is 2. The number of hydrogen-bond donors (Lipinski definition) is 0. The Kier molecular flexibility index (Phi) is 4.43. The second kappa shape index (κ2) is 7.26. The Balaban J connectivity index is 1.46. The maximum absolute atomic E-state index is 14.1. The van der Waals surface area contributed by atoms with E-state index in [0.717, 1.165) is 0 Å². The van der Waals surface area contributed by atoms with Gasteiger partial charge in [0.1, 0.15) is 5.82 Å². The molecule has 2 aromatic carbocycles. The van der Waals surface area contributed by atoms with Gasteiger partial charge in [-0.15, -0.1) is 0 Å². The first-order chi connectivity index (χ1) is 14.6. The molecule has 5 rings (SSSR count). The fourth-order valence-electron chi connectivity index (χ4n) is 3.97. The maximum Gasteiger partial charge on any atom is 0.265 e. The molecule has 0 N–H and O–H groups in total. The topological polar surface area (TPSA) is 57.9 Å². The lowest BCUT2D eigenvalue weighted by Crippen LogP contribution is -2.49. The van der Waals surface area contributed by atoms with Crippen molar-refractivity contribution >= 4 is 28.1 Å². The van der Waals surface area contributed by atoms with E-state index in [4.69, 9.17) is 0 Å². The molecule has 6 nitrogen and oxygen atoms in total. The molecule has 0 atom stereocenters. The summed E-state index contributed by atoms with van der Waals surface area (Å²) < 4.78 is 15.5. The molecule has 0 bridgehead atoms. The van der Waals surface area contributed by atoms with Crippen LogP contribution >= 0.6 is 0 Å². The summed E-state index contributed by atoms with van der Waals surface area (Å²) in [5.41, 5.74) is 1.65. The zero-order valence-electron chi connectivity index (χ0n) is 16.2. The average Bonchev–Trinajstić information content (AvgIpc) is 2.79. The lowest BCUT2D eigenvalue weighted by atomic mass is 10.1. The number of para-hydroxylation sites is 2. The summed E-state index contributed by atoms with van der Waals surface area (Å²) in [7, 11) is 0. The van der Waals surface area contributed by atoms with Gasteiger partial charge >= 0.3 is 0 Å². The molecule has 0 radical (unpaired) electrons. The number of anilines is 1. The summed E-state index contributed by atoms with van der Waals surface area (Å²) >= 11 is 0. The minimum atomic E-state index is -0.262. The Bertz CT molecular complexity index is 1330. The fourth-order valence-corrected chi connectivity index (χ4v) is 3.97. The van der Waals surface area contributed by atoms with Crippen molar-refractivity contribution < 1.29 is 9.18 Å². The van der Waals surface area contributed by atoms with Crippen LogP contribution in [0.2, 0.25) is 0 Å². The standard InChI is InChI=1S/C23H19FN4O2/c24-18-8-2-4-10-20(18)26-12-14-27(15-13-26)22(29)17-7-5-11-28-21(17)25-19-9-3-1-6-16(19)23(28)30/h1-11H,12-15H2. The van der Waals surface area contributed by atoms with Gasteiger partial charge in [0, 0.05) is 32.4 Å². The summed E-state index contributed by atoms with van der Waals surface area (Å²) in [5.74, 6) is -0.440. The third-order valence-electron chi connectivity index (χ3n) is 5.54. The van der Waals surface area contributed by atoms with Crippen LogP contribution < -0.4 is 10.5 Å². The van der Waals surface area contributed by atoms with E-state index in [2.05, 4.69) is 4.98 Å². The molecule has 0 spiro atoms. The highest BCUT2D eigenvalue weighted by atomic mass is 19.1. The van der Waals surface area contributed by atoms with Crippen LogP contribution in [0, 0.1) is 5.82 Å². The van der Waals surface area contributed by atoms with E-state index in [1.54, 1.807) is 59.6 Å². The smallest absolute Gasteiger partial charge is 0.265 e. The largest absolute Gasteiger partial charge is 0.366 e. The molecular weight excluding hydrogens is 383 g/mol. The molecule has 1 fully saturated rings. The van der Waals surface area contributed by atoms with Crippen LogP contribution in [0.5, 0.6) is 0 Å². The monoisotopic (exact) mass is 402 g/mol. The number of halogens is 1. The van der Waals surface area contributed by atoms with Crippen molar-refractivity contribution in [2.45, 2.75) is 0 Å². The van der Waals surface area contributed by atoms with Gasteiger partial charge in [0.2, 0.25) is 0 Å². The molecule has 0 unspecified atom stereocenters. The zero-order valence-corrected chi connectivity index (χ0v) is 16.2. The van der Waals surface area contributed by atoms with E-state index in [1.807, 2.05) is 11.0 Å². The fraction of sp³-hybridized carbons (Fsp3) is 0.174. The molecule has 1 amide bonds. The number of aromatic nitrogens is 2. The predicted octanol–water partition coefficient (Wildman–Crippen LogP) is 2.95. The minimum Gasteiger partial charge on any atom is -0.366 e. The number of fused-ring (bicyclic) bond motifs is 2. The van der Waals surface area contributed by atoms with Gasteiger partial charge in [0.15, 0.2) is 5.65 Å². The van der Waals surface area contributed by atoms with Crippen molar-refractivity contribution in [2.24, 2.45) is 0 Å². The van der Waals surface area contributed by atoms with E-state index < -0.39 is 0 Å². The Hall–Kier alpha value is -3.74. The molecular formula is C23H19FN4O2. The van der Waals surface area contributed by atoms with Crippen LogP contribution in [0.3, 0.4) is 0 Å². The van der Waals surface area contributed by atoms with Crippen molar-refractivity contribution in [3.8, 4) is 0 Å². The van der Waals surface area contributed by atoms with Gasteiger partial charge in [-0.05, 0) is 36.4 Å². The number of benzene rings is 2. The molecule has 1 aliphatic heterocycles. The highest BCUT2D eigenvalue weighted by molar-refractivity contribution is 6.00. The first-order valence-corrected chi connectivity index (χ1v) is 9.82. The normalized spacial score (nSPS) is 14.4. The van der Waals surface area contributed by atoms with E-state index in [9.17, 15) is 14.0 Å². The van der Waals surface area contributed by atoms with Gasteiger partial charge in [-0.25, -0.2) is 9.37 Å². The van der Waals surface area contributed by atoms with E-state index in [0.29, 0.717) is 54.0 Å². The van der Waals surface area contributed by atoms with E-state index in [1.165, 1.54) is 10.5 Å². The predicted molar refractivity (Wildman–Crippen MR) is 113 cm³/mol. The molecule has 2 aromatic heterocycles. The zero-order chi connectivity index (χ0) is 20.7. The minimum absolute atomic E-state index is 0.177. The van der Waals surface area contributed by atoms with Crippen molar-refractivity contribution in [3.05, 3.63) is 88.6 Å². The molecule has 1 saturated heterocycles. The summed E-state index contributed by atoms with van der Waals surface area (Å²) in [5, 5.41) is 0.512. The lowest BCUT2D eigenvalue weighted by molar-refractivity contribution is 0.0748. The quantitative estimate of drug-likeness (QED) is 0.484. The summed E-state index contributed by atoms with van der Waals surface area (Å²) in [4.78, 5) is 34.3. The van der Waals surface area contributed by atoms with Gasteiger partial charge < -0.3 is 9.80 Å². The molecule has 4 aromatic rings. The van der Waals surface area contributed by atoms with Crippen LogP contribution in [0.4, 0.5) is 10.1 Å². The molecule has 150 valence electrons. The van der Waals surface area contributed by atoms with Crippen LogP contribution in [-0.4, -0.2) is 46.4 Å². The Morgan fingerprint density at radius 1 is 0.900 bits per heavy atom. The molecule has 0 aliphatic carbocycles. The number of amides is 1. The number of carbonyl (C=O) groups excluding carboxylic acids is 1. The molecule has 7 heteroatoms. The number of piperazine rings is 1. The average molecular weight is 402 g/mol. The Labute approximate surface area is 171 Å². The lowest BCUT2D eigenvalue weighted by Gasteiger charge is -2.36. The maximum atomic E-state index is 14.1. The van der Waals surface area contributed by atoms with Crippen LogP contribution in [0.1, 0.15) is 10.4 Å². The second-order valence-corrected chi connectivity index (χ2v) is 7.28.